The Morgan fingerprint density at radius 1 is 0.268 bits per heavy atom. The summed E-state index contributed by atoms with van der Waals surface area (Å²) in [5.74, 6) is 6.75. The van der Waals surface area contributed by atoms with Crippen LogP contribution in [0.15, 0.2) is 292 Å². The number of nitrogens with one attached hydrogen (secondary N) is 5. The molecule has 149 heavy (non-hydrogen) atoms. The predicted octanol–water partition coefficient (Wildman–Crippen LogP) is 32.7. The van der Waals surface area contributed by atoms with Crippen LogP contribution in [0.1, 0.15) is 105 Å². The van der Waals surface area contributed by atoms with Crippen LogP contribution in [-0.4, -0.2) is 92.8 Å². The fraction of sp³-hybridized carbons (Fsp3) is 0.174. The van der Waals surface area contributed by atoms with Crippen molar-refractivity contribution >= 4 is 193 Å². The monoisotopic (exact) mass is 2050 g/mol. The number of imidazole rings is 5. The molecular formula is C121H112N20O3S5. The molecule has 0 radical (unpaired) electrons. The molecule has 15 aromatic heterocycles. The maximum Gasteiger partial charge on any atom is 0.154 e. The minimum Gasteiger partial charge on any atom is -0.496 e. The van der Waals surface area contributed by atoms with Gasteiger partial charge in [0.25, 0.3) is 0 Å². The maximum atomic E-state index is 6.01. The predicted molar refractivity (Wildman–Crippen MR) is 622 cm³/mol. The highest BCUT2D eigenvalue weighted by molar-refractivity contribution is 7.24. The van der Waals surface area contributed by atoms with Gasteiger partial charge in [-0.3, -0.25) is 0 Å². The molecule has 0 bridgehead atoms. The normalized spacial score (nSPS) is 11.4. The average molecular weight is 2050 g/mol. The largest absolute Gasteiger partial charge is 0.496 e. The molecule has 0 spiro atoms. The molecule has 0 aliphatic carbocycles. The maximum absolute atomic E-state index is 6.01. The summed E-state index contributed by atoms with van der Waals surface area (Å²) < 4.78 is 33.3. The summed E-state index contributed by atoms with van der Waals surface area (Å²) in [6.07, 6.45) is 10.6. The Morgan fingerprint density at radius 3 is 0.832 bits per heavy atom. The van der Waals surface area contributed by atoms with Gasteiger partial charge in [-0.2, -0.15) is 0 Å². The van der Waals surface area contributed by atoms with Crippen LogP contribution in [0.4, 0.5) is 57.5 Å². The van der Waals surface area contributed by atoms with Crippen LogP contribution in [0.3, 0.4) is 0 Å². The van der Waals surface area contributed by atoms with Crippen molar-refractivity contribution in [2.45, 2.75) is 130 Å². The smallest absolute Gasteiger partial charge is 0.154 e. The quantitative estimate of drug-likeness (QED) is 0.0449. The van der Waals surface area contributed by atoms with Crippen LogP contribution in [0.5, 0.6) is 17.2 Å². The van der Waals surface area contributed by atoms with E-state index in [2.05, 4.69) is 331 Å². The van der Waals surface area contributed by atoms with Crippen LogP contribution in [0.25, 0.3) is 132 Å². The number of aromatic nitrogens is 15. The molecule has 0 fully saturated rings. The molecule has 0 saturated heterocycles. The van der Waals surface area contributed by atoms with E-state index in [9.17, 15) is 0 Å². The van der Waals surface area contributed by atoms with Crippen molar-refractivity contribution in [2.75, 3.05) is 40.3 Å². The number of ether oxygens (including phenoxy) is 3. The van der Waals surface area contributed by atoms with Gasteiger partial charge < -0.3 is 40.8 Å². The first-order valence-corrected chi connectivity index (χ1v) is 53.7. The first-order chi connectivity index (χ1) is 72.2. The van der Waals surface area contributed by atoms with Crippen molar-refractivity contribution in [3.8, 4) is 70.1 Å². The highest BCUT2D eigenvalue weighted by atomic mass is 32.1. The Balaban J connectivity index is 0.000000109. The fourth-order valence-corrected chi connectivity index (χ4v) is 23.6. The molecule has 744 valence electrons. The second-order valence-electron chi connectivity index (χ2n) is 38.0. The number of nitrogens with zero attached hydrogens (tertiary/aromatic N) is 15. The van der Waals surface area contributed by atoms with Crippen molar-refractivity contribution in [3.63, 3.8) is 0 Å². The van der Waals surface area contributed by atoms with Crippen LogP contribution in [0.2, 0.25) is 0 Å². The molecular weight excluding hydrogens is 1940 g/mol. The van der Waals surface area contributed by atoms with Gasteiger partial charge in [0.15, 0.2) is 57.3 Å². The van der Waals surface area contributed by atoms with Gasteiger partial charge in [0.2, 0.25) is 0 Å². The number of hydrogen-bond acceptors (Lipinski definition) is 23. The average Bonchev–Trinajstić information content (AvgIpc) is 1.63. The van der Waals surface area contributed by atoms with Gasteiger partial charge in [-0.1, -0.05) is 97.9 Å². The first kappa shape index (κ1) is 98.5. The number of hydrogen-bond donors (Lipinski definition) is 5. The molecule has 0 atom stereocenters. The summed E-state index contributed by atoms with van der Waals surface area (Å²) in [6.45, 7) is 36.6. The number of thiophene rings is 5. The summed E-state index contributed by atoms with van der Waals surface area (Å²) in [7, 11) is 1.73. The molecule has 0 aliphatic rings. The Labute approximate surface area is 883 Å². The van der Waals surface area contributed by atoms with E-state index in [-0.39, 0.29) is 6.10 Å². The van der Waals surface area contributed by atoms with Crippen LogP contribution in [0, 0.1) is 96.9 Å². The van der Waals surface area contributed by atoms with Crippen molar-refractivity contribution < 1.29 is 14.2 Å². The summed E-state index contributed by atoms with van der Waals surface area (Å²) in [5.41, 5.74) is 31.8. The summed E-state index contributed by atoms with van der Waals surface area (Å²) in [6, 6.07) is 89.9. The van der Waals surface area contributed by atoms with Crippen LogP contribution < -0.4 is 40.8 Å². The molecule has 10 aromatic carbocycles. The molecule has 28 heteroatoms. The van der Waals surface area contributed by atoms with E-state index in [0.29, 0.717) is 0 Å². The van der Waals surface area contributed by atoms with Gasteiger partial charge in [-0.25, -0.2) is 47.5 Å². The lowest BCUT2D eigenvalue weighted by molar-refractivity contribution is 0.246. The zero-order chi connectivity index (χ0) is 103. The zero-order valence-corrected chi connectivity index (χ0v) is 90.3. The van der Waals surface area contributed by atoms with Gasteiger partial charge in [-0.15, -0.1) is 82.2 Å². The van der Waals surface area contributed by atoms with Crippen LogP contribution in [-0.2, 0) is 0 Å². The molecule has 0 saturated carbocycles. The molecule has 0 amide bonds. The van der Waals surface area contributed by atoms with Gasteiger partial charge in [-0.05, 0) is 386 Å². The van der Waals surface area contributed by atoms with E-state index in [4.69, 9.17) is 39.7 Å². The van der Waals surface area contributed by atoms with Crippen molar-refractivity contribution in [3.05, 3.63) is 370 Å². The summed E-state index contributed by atoms with van der Waals surface area (Å²) in [4.78, 5) is 28.5. The Bertz CT molecular complexity index is 9160. The van der Waals surface area contributed by atoms with E-state index in [1.165, 1.54) is 118 Å². The number of benzene rings is 10. The van der Waals surface area contributed by atoms with E-state index < -0.39 is 0 Å². The fourth-order valence-electron chi connectivity index (χ4n) is 18.0. The molecule has 0 aliphatic heterocycles. The minimum absolute atomic E-state index is 0.132. The lowest BCUT2D eigenvalue weighted by Crippen LogP contribution is -2.05. The Morgan fingerprint density at radius 2 is 0.544 bits per heavy atom. The Kier molecular flexibility index (Phi) is 27.9. The van der Waals surface area contributed by atoms with Crippen molar-refractivity contribution in [1.82, 2.24) is 73.0 Å². The number of rotatable bonds is 21. The molecule has 0 unspecified atom stereocenters. The van der Waals surface area contributed by atoms with E-state index in [0.717, 1.165) is 179 Å². The topological polar surface area (TPSA) is 239 Å². The van der Waals surface area contributed by atoms with E-state index in [1.807, 2.05) is 152 Å². The molecule has 25 aromatic rings. The number of methoxy groups -OCH3 is 1. The highest BCUT2D eigenvalue weighted by Crippen LogP contribution is 2.46. The summed E-state index contributed by atoms with van der Waals surface area (Å²) >= 11 is 8.74. The third-order valence-corrected chi connectivity index (χ3v) is 33.0. The lowest BCUT2D eigenvalue weighted by atomic mass is 10.1. The van der Waals surface area contributed by atoms with E-state index in [1.54, 1.807) is 63.8 Å². The standard InChI is InChI=1S/3C25H24N4OS.2C23H20N4S/c1-14-6-7-19(11-15(14)2)27-22-8-9-23-26-13-20(29(23)28-22)21-12-18-10-16(3)24(30-5)17(4)25(18)31-21;1-15(2)30-21-7-5-6-18-13-22(31-25(18)21)20-14-26-24-11-10-23(28-29(20)24)27-19-9-8-16(3)17(4)12-19;1-4-12-30-21-7-5-6-18-14-22(31-25(18)21)20-15-26-24-11-10-23(28-29(20)24)27-19-9-8-16(2)17(3)13-19;2*1-14-7-8-18(11-16(14)3)25-21-9-10-22-24-13-19(27(22)26-21)20-12-17-6-4-5-15(2)23(17)28-20/h6-13H,1-5H3,(H,27,28);5-15H,1-4H3,(H,27,28);5-11,13-15H,4,12H2,1-3H3,(H,27,28);2*4-13H,1-3H3,(H,25,26). The van der Waals surface area contributed by atoms with Crippen molar-refractivity contribution in [2.24, 2.45) is 0 Å². The number of fused-ring (bicyclic) bond motifs is 10. The van der Waals surface area contributed by atoms with Gasteiger partial charge in [0, 0.05) is 48.1 Å². The van der Waals surface area contributed by atoms with Crippen molar-refractivity contribution in [1.29, 1.82) is 0 Å². The molecule has 15 heterocycles. The molecule has 5 N–H and O–H groups in total. The molecule has 23 nitrogen and oxygen atoms in total. The van der Waals surface area contributed by atoms with Crippen LogP contribution >= 0.6 is 56.7 Å². The minimum atomic E-state index is 0.132. The second kappa shape index (κ2) is 42.2. The van der Waals surface area contributed by atoms with Gasteiger partial charge in [0.05, 0.1) is 84.6 Å². The SMILES string of the molecule is CCCOc1cccc2cc(-c3cnc4ccc(Nc5ccc(C)c(C)c5)nn34)sc12.COc1c(C)cc2cc(-c3cnc4ccc(Nc5ccc(C)c(C)c5)nn34)sc2c1C.Cc1ccc(Nc2ccc3ncc(-c4cc5cccc(C)c5s4)n3n2)cc1C.Cc1ccc(Nc2ccc3ncc(-c4cc5cccc(C)c5s4)n3n2)cc1C.Cc1ccc(Nc2ccc3ncc(-c4cc5cccc(OC(C)C)c5s4)n3n2)cc1C. The highest BCUT2D eigenvalue weighted by Gasteiger charge is 2.23. The third-order valence-electron chi connectivity index (χ3n) is 26.7. The first-order valence-electron chi connectivity index (χ1n) is 49.6. The van der Waals surface area contributed by atoms with Gasteiger partial charge in [0.1, 0.15) is 45.7 Å². The summed E-state index contributed by atoms with van der Waals surface area (Å²) in [5, 5.41) is 47.2. The van der Waals surface area contributed by atoms with E-state index >= 15 is 0 Å². The zero-order valence-electron chi connectivity index (χ0n) is 86.2. The lowest BCUT2D eigenvalue weighted by Gasteiger charge is -2.10. The van der Waals surface area contributed by atoms with Gasteiger partial charge >= 0.3 is 0 Å². The molecule has 25 rings (SSSR count). The number of aryl methyl sites for hydroxylation is 14. The third kappa shape index (κ3) is 20.9. The number of anilines is 10. The second-order valence-corrected chi connectivity index (χ2v) is 43.2. The Hall–Kier alpha value is -16.5.